The Morgan fingerprint density at radius 1 is 1.00 bits per heavy atom. The number of pyridine rings is 1. The summed E-state index contributed by atoms with van der Waals surface area (Å²) in [6.45, 7) is 2.94. The summed E-state index contributed by atoms with van der Waals surface area (Å²) >= 11 is 0. The molecule has 0 unspecified atom stereocenters. The van der Waals surface area contributed by atoms with Gasteiger partial charge in [0.05, 0.1) is 13.2 Å². The van der Waals surface area contributed by atoms with Gasteiger partial charge in [0.15, 0.2) is 0 Å². The van der Waals surface area contributed by atoms with Crippen LogP contribution in [0.2, 0.25) is 0 Å². The average Bonchev–Trinajstić information content (AvgIpc) is 2.65. The molecule has 2 N–H and O–H groups in total. The minimum atomic E-state index is -0.459. The van der Waals surface area contributed by atoms with Crippen molar-refractivity contribution in [1.82, 2.24) is 15.8 Å². The molecule has 0 saturated heterocycles. The predicted molar refractivity (Wildman–Crippen MR) is 92.2 cm³/mol. The second-order valence-corrected chi connectivity index (χ2v) is 5.07. The first kappa shape index (κ1) is 18.3. The van der Waals surface area contributed by atoms with Crippen LogP contribution in [0.3, 0.4) is 0 Å². The third-order valence-electron chi connectivity index (χ3n) is 3.16. The number of carbonyl (C=O) groups excluding carboxylic acids is 2. The summed E-state index contributed by atoms with van der Waals surface area (Å²) in [5.74, 6) is 0.754. The highest BCUT2D eigenvalue weighted by Gasteiger charge is 2.07. The van der Waals surface area contributed by atoms with Crippen molar-refractivity contribution in [2.24, 2.45) is 0 Å². The van der Waals surface area contributed by atoms with Crippen LogP contribution in [-0.4, -0.2) is 30.0 Å². The van der Waals surface area contributed by atoms with Gasteiger partial charge < -0.3 is 9.47 Å². The van der Waals surface area contributed by atoms with Gasteiger partial charge in [-0.1, -0.05) is 6.07 Å². The molecule has 0 aliphatic carbocycles. The van der Waals surface area contributed by atoms with Crippen LogP contribution in [-0.2, 0) is 4.79 Å². The molecule has 0 fully saturated rings. The van der Waals surface area contributed by atoms with Gasteiger partial charge in [-0.25, -0.2) is 0 Å². The first-order valence-corrected chi connectivity index (χ1v) is 8.05. The molecule has 0 radical (unpaired) electrons. The van der Waals surface area contributed by atoms with E-state index in [0.29, 0.717) is 25.4 Å². The highest BCUT2D eigenvalue weighted by molar-refractivity contribution is 5.93. The van der Waals surface area contributed by atoms with Crippen LogP contribution >= 0.6 is 0 Å². The molecule has 25 heavy (non-hydrogen) atoms. The van der Waals surface area contributed by atoms with Crippen LogP contribution in [0.25, 0.3) is 0 Å². The first-order chi connectivity index (χ1) is 12.2. The summed E-state index contributed by atoms with van der Waals surface area (Å²) in [6.07, 6.45) is 2.27. The molecule has 7 heteroatoms. The Hall–Kier alpha value is -3.09. The van der Waals surface area contributed by atoms with Crippen LogP contribution in [0.4, 0.5) is 0 Å². The summed E-state index contributed by atoms with van der Waals surface area (Å²) in [5.41, 5.74) is 4.91. The van der Waals surface area contributed by atoms with Crippen molar-refractivity contribution in [2.45, 2.75) is 19.8 Å². The zero-order valence-electron chi connectivity index (χ0n) is 14.0. The Balaban J connectivity index is 1.61. The lowest BCUT2D eigenvalue weighted by molar-refractivity contribution is -0.122. The fraction of sp³-hybridized carbons (Fsp3) is 0.278. The predicted octanol–water partition coefficient (Wildman–Crippen LogP) is 2.10. The Labute approximate surface area is 146 Å². The zero-order chi connectivity index (χ0) is 17.9. The van der Waals surface area contributed by atoms with Crippen molar-refractivity contribution in [2.75, 3.05) is 13.2 Å². The fourth-order valence-electron chi connectivity index (χ4n) is 1.97. The molecular formula is C18H21N3O4. The highest BCUT2D eigenvalue weighted by atomic mass is 16.5. The summed E-state index contributed by atoms with van der Waals surface area (Å²) in [4.78, 5) is 27.3. The number of amides is 2. The summed E-state index contributed by atoms with van der Waals surface area (Å²) in [6, 6.07) is 12.3. The second kappa shape index (κ2) is 9.92. The van der Waals surface area contributed by atoms with E-state index in [1.807, 2.05) is 31.2 Å². The molecule has 1 heterocycles. The average molecular weight is 343 g/mol. The van der Waals surface area contributed by atoms with Crippen molar-refractivity contribution >= 4 is 11.8 Å². The van der Waals surface area contributed by atoms with Crippen LogP contribution < -0.4 is 20.3 Å². The van der Waals surface area contributed by atoms with Crippen molar-refractivity contribution in [3.63, 3.8) is 0 Å². The number of aromatic nitrogens is 1. The molecule has 2 aromatic rings. The maximum atomic E-state index is 11.7. The molecule has 2 amide bonds. The third kappa shape index (κ3) is 6.50. The number of hydrazine groups is 1. The summed E-state index contributed by atoms with van der Waals surface area (Å²) in [5, 5.41) is 0. The van der Waals surface area contributed by atoms with Gasteiger partial charge in [-0.3, -0.25) is 25.4 Å². The minimum absolute atomic E-state index is 0.236. The smallest absolute Gasteiger partial charge is 0.288 e. The van der Waals surface area contributed by atoms with Gasteiger partial charge in [-0.15, -0.1) is 0 Å². The largest absolute Gasteiger partial charge is 0.494 e. The number of carbonyl (C=O) groups is 2. The molecule has 2 rings (SSSR count). The molecule has 0 aliphatic heterocycles. The van der Waals surface area contributed by atoms with E-state index in [-0.39, 0.29) is 18.0 Å². The van der Waals surface area contributed by atoms with E-state index in [2.05, 4.69) is 15.8 Å². The second-order valence-electron chi connectivity index (χ2n) is 5.07. The highest BCUT2D eigenvalue weighted by Crippen LogP contribution is 2.17. The molecule has 0 atom stereocenters. The number of rotatable bonds is 8. The molecule has 0 bridgehead atoms. The SMILES string of the molecule is CCOc1ccc(OCCCC(=O)NNC(=O)c2ccccn2)cc1. The van der Waals surface area contributed by atoms with Gasteiger partial charge in [0.25, 0.3) is 5.91 Å². The van der Waals surface area contributed by atoms with Crippen LogP contribution in [0.15, 0.2) is 48.7 Å². The van der Waals surface area contributed by atoms with Gasteiger partial charge in [0.2, 0.25) is 5.91 Å². The van der Waals surface area contributed by atoms with Crippen molar-refractivity contribution in [3.05, 3.63) is 54.4 Å². The zero-order valence-corrected chi connectivity index (χ0v) is 14.0. The lowest BCUT2D eigenvalue weighted by Crippen LogP contribution is -2.41. The maximum absolute atomic E-state index is 11.7. The van der Waals surface area contributed by atoms with Gasteiger partial charge in [0, 0.05) is 12.6 Å². The van der Waals surface area contributed by atoms with E-state index in [1.165, 1.54) is 6.20 Å². The molecule has 7 nitrogen and oxygen atoms in total. The number of ether oxygens (including phenoxy) is 2. The summed E-state index contributed by atoms with van der Waals surface area (Å²) < 4.78 is 10.9. The molecule has 0 saturated carbocycles. The lowest BCUT2D eigenvalue weighted by atomic mass is 10.3. The topological polar surface area (TPSA) is 89.5 Å². The van der Waals surface area contributed by atoms with Crippen molar-refractivity contribution in [3.8, 4) is 11.5 Å². The first-order valence-electron chi connectivity index (χ1n) is 8.05. The van der Waals surface area contributed by atoms with Gasteiger partial charge in [0.1, 0.15) is 17.2 Å². The normalized spacial score (nSPS) is 9.96. The molecular weight excluding hydrogens is 322 g/mol. The third-order valence-corrected chi connectivity index (χ3v) is 3.16. The van der Waals surface area contributed by atoms with Crippen LogP contribution in [0.5, 0.6) is 11.5 Å². The number of hydrogen-bond acceptors (Lipinski definition) is 5. The molecule has 0 spiro atoms. The molecule has 1 aromatic heterocycles. The van der Waals surface area contributed by atoms with Crippen molar-refractivity contribution in [1.29, 1.82) is 0 Å². The van der Waals surface area contributed by atoms with Gasteiger partial charge >= 0.3 is 0 Å². The van der Waals surface area contributed by atoms with E-state index < -0.39 is 5.91 Å². The number of hydrogen-bond donors (Lipinski definition) is 2. The number of nitrogens with zero attached hydrogens (tertiary/aromatic N) is 1. The monoisotopic (exact) mass is 343 g/mol. The Kier molecular flexibility index (Phi) is 7.24. The Morgan fingerprint density at radius 2 is 1.72 bits per heavy atom. The molecule has 132 valence electrons. The van der Waals surface area contributed by atoms with Gasteiger partial charge in [-0.2, -0.15) is 0 Å². The molecule has 0 aliphatic rings. The fourth-order valence-corrected chi connectivity index (χ4v) is 1.97. The number of nitrogens with one attached hydrogen (secondary N) is 2. The maximum Gasteiger partial charge on any atom is 0.288 e. The molecule has 1 aromatic carbocycles. The van der Waals surface area contributed by atoms with E-state index >= 15 is 0 Å². The van der Waals surface area contributed by atoms with Crippen LogP contribution in [0, 0.1) is 0 Å². The van der Waals surface area contributed by atoms with E-state index in [1.54, 1.807) is 18.2 Å². The summed E-state index contributed by atoms with van der Waals surface area (Å²) in [7, 11) is 0. The quantitative estimate of drug-likeness (QED) is 0.566. The van der Waals surface area contributed by atoms with Crippen LogP contribution in [0.1, 0.15) is 30.3 Å². The van der Waals surface area contributed by atoms with E-state index in [9.17, 15) is 9.59 Å². The standard InChI is InChI=1S/C18H21N3O4/c1-2-24-14-8-10-15(11-9-14)25-13-5-7-17(22)20-21-18(23)16-6-3-4-12-19-16/h3-4,6,8-12H,2,5,7,13H2,1H3,(H,20,22)(H,21,23). The minimum Gasteiger partial charge on any atom is -0.494 e. The van der Waals surface area contributed by atoms with E-state index in [0.717, 1.165) is 5.75 Å². The Morgan fingerprint density at radius 3 is 2.36 bits per heavy atom. The number of benzene rings is 1. The van der Waals surface area contributed by atoms with Crippen molar-refractivity contribution < 1.29 is 19.1 Å². The van der Waals surface area contributed by atoms with Gasteiger partial charge in [-0.05, 0) is 49.7 Å². The lowest BCUT2D eigenvalue weighted by Gasteiger charge is -2.09. The Bertz CT molecular complexity index is 674. The van der Waals surface area contributed by atoms with E-state index in [4.69, 9.17) is 9.47 Å².